The lowest BCUT2D eigenvalue weighted by molar-refractivity contribution is 0.104. The van der Waals surface area contributed by atoms with E-state index in [1.165, 1.54) is 24.5 Å². The van der Waals surface area contributed by atoms with Crippen LogP contribution in [0.3, 0.4) is 0 Å². The molecule has 1 aromatic carbocycles. The van der Waals surface area contributed by atoms with Crippen molar-refractivity contribution in [1.82, 2.24) is 0 Å². The van der Waals surface area contributed by atoms with Gasteiger partial charge >= 0.3 is 5.63 Å². The number of fused-ring (bicyclic) bond motifs is 1. The molecule has 0 bridgehead atoms. The number of carbonyl (C=O) groups is 1. The fourth-order valence-electron chi connectivity index (χ4n) is 2.30. The zero-order valence-corrected chi connectivity index (χ0v) is 13.5. The molecule has 0 aliphatic carbocycles. The Hall–Kier alpha value is -2.66. The molecule has 0 spiro atoms. The Labute approximate surface area is 136 Å². The monoisotopic (exact) mass is 326 g/mol. The minimum Gasteiger partial charge on any atom is -0.496 e. The standard InChI is InChI=1S/C18H14O4S/c1-11-10-12-5-8-15(21-2)16(17(12)22-18(11)20)14(19)7-6-13-4-3-9-23-13/h3-10H,1-2H3. The summed E-state index contributed by atoms with van der Waals surface area (Å²) < 4.78 is 10.6. The van der Waals surface area contributed by atoms with Gasteiger partial charge in [-0.1, -0.05) is 6.07 Å². The lowest BCUT2D eigenvalue weighted by Gasteiger charge is -2.08. The molecule has 23 heavy (non-hydrogen) atoms. The van der Waals surface area contributed by atoms with E-state index in [1.807, 2.05) is 17.5 Å². The van der Waals surface area contributed by atoms with E-state index in [0.717, 1.165) is 4.88 Å². The van der Waals surface area contributed by atoms with Crippen LogP contribution in [0.4, 0.5) is 0 Å². The van der Waals surface area contributed by atoms with Crippen LogP contribution in [0.25, 0.3) is 17.0 Å². The molecule has 2 aromatic heterocycles. The number of rotatable bonds is 4. The maximum atomic E-state index is 12.6. The normalized spacial score (nSPS) is 11.2. The number of hydrogen-bond donors (Lipinski definition) is 0. The maximum Gasteiger partial charge on any atom is 0.339 e. The first-order valence-electron chi connectivity index (χ1n) is 6.97. The largest absolute Gasteiger partial charge is 0.496 e. The second-order valence-corrected chi connectivity index (χ2v) is 5.97. The summed E-state index contributed by atoms with van der Waals surface area (Å²) in [6, 6.07) is 9.01. The van der Waals surface area contributed by atoms with Crippen molar-refractivity contribution >= 4 is 34.2 Å². The van der Waals surface area contributed by atoms with Crippen LogP contribution in [0.5, 0.6) is 5.75 Å². The quantitative estimate of drug-likeness (QED) is 0.412. The van der Waals surface area contributed by atoms with Gasteiger partial charge in [0.2, 0.25) is 0 Å². The van der Waals surface area contributed by atoms with Gasteiger partial charge in [0.1, 0.15) is 11.3 Å². The molecule has 4 nitrogen and oxygen atoms in total. The molecule has 0 atom stereocenters. The molecular weight excluding hydrogens is 312 g/mol. The molecule has 3 aromatic rings. The van der Waals surface area contributed by atoms with Crippen molar-refractivity contribution in [2.45, 2.75) is 6.92 Å². The Morgan fingerprint density at radius 2 is 2.13 bits per heavy atom. The van der Waals surface area contributed by atoms with E-state index in [9.17, 15) is 9.59 Å². The number of benzene rings is 1. The van der Waals surface area contributed by atoms with Gasteiger partial charge in [-0.05, 0) is 48.7 Å². The van der Waals surface area contributed by atoms with Gasteiger partial charge < -0.3 is 9.15 Å². The van der Waals surface area contributed by atoms with Crippen molar-refractivity contribution in [3.8, 4) is 5.75 Å². The first kappa shape index (κ1) is 15.2. The van der Waals surface area contributed by atoms with Crippen LogP contribution < -0.4 is 10.4 Å². The summed E-state index contributed by atoms with van der Waals surface area (Å²) in [5.74, 6) is 0.109. The van der Waals surface area contributed by atoms with Crippen LogP contribution in [0.2, 0.25) is 0 Å². The molecule has 0 amide bonds. The van der Waals surface area contributed by atoms with Gasteiger partial charge in [0, 0.05) is 15.8 Å². The highest BCUT2D eigenvalue weighted by atomic mass is 32.1. The molecular formula is C18H14O4S. The predicted octanol–water partition coefficient (Wildman–Crippen LogP) is 4.07. The van der Waals surface area contributed by atoms with E-state index in [-0.39, 0.29) is 16.9 Å². The van der Waals surface area contributed by atoms with E-state index in [4.69, 9.17) is 9.15 Å². The third-order valence-corrected chi connectivity index (χ3v) is 4.28. The number of methoxy groups -OCH3 is 1. The zero-order valence-electron chi connectivity index (χ0n) is 12.7. The molecule has 2 heterocycles. The minimum atomic E-state index is -0.456. The van der Waals surface area contributed by atoms with Gasteiger partial charge in [-0.3, -0.25) is 4.79 Å². The fraction of sp³-hybridized carbons (Fsp3) is 0.111. The van der Waals surface area contributed by atoms with Crippen LogP contribution in [0.15, 0.2) is 51.0 Å². The fourth-order valence-corrected chi connectivity index (χ4v) is 2.92. The molecule has 0 fully saturated rings. The molecule has 0 unspecified atom stereocenters. The van der Waals surface area contributed by atoms with Gasteiger partial charge in [-0.15, -0.1) is 11.3 Å². The maximum absolute atomic E-state index is 12.6. The summed E-state index contributed by atoms with van der Waals surface area (Å²) >= 11 is 1.53. The van der Waals surface area contributed by atoms with E-state index >= 15 is 0 Å². The third-order valence-electron chi connectivity index (χ3n) is 3.45. The van der Waals surface area contributed by atoms with E-state index in [1.54, 1.807) is 31.2 Å². The third kappa shape index (κ3) is 2.96. The minimum absolute atomic E-state index is 0.251. The lowest BCUT2D eigenvalue weighted by Crippen LogP contribution is -2.06. The van der Waals surface area contributed by atoms with Crippen molar-refractivity contribution in [2.75, 3.05) is 7.11 Å². The van der Waals surface area contributed by atoms with Crippen LogP contribution in [0.1, 0.15) is 20.8 Å². The highest BCUT2D eigenvalue weighted by Crippen LogP contribution is 2.28. The molecule has 0 radical (unpaired) electrons. The number of hydrogen-bond acceptors (Lipinski definition) is 5. The van der Waals surface area contributed by atoms with Crippen molar-refractivity contribution in [3.63, 3.8) is 0 Å². The molecule has 0 saturated carbocycles. The summed E-state index contributed by atoms with van der Waals surface area (Å²) in [4.78, 5) is 25.4. The van der Waals surface area contributed by atoms with Crippen molar-refractivity contribution in [1.29, 1.82) is 0 Å². The summed E-state index contributed by atoms with van der Waals surface area (Å²) in [5.41, 5.74) is 0.549. The summed E-state index contributed by atoms with van der Waals surface area (Å²) in [6.45, 7) is 1.67. The lowest BCUT2D eigenvalue weighted by atomic mass is 10.0. The number of carbonyl (C=O) groups excluding carboxylic acids is 1. The van der Waals surface area contributed by atoms with Gasteiger partial charge in [-0.2, -0.15) is 0 Å². The summed E-state index contributed by atoms with van der Waals surface area (Å²) in [7, 11) is 1.48. The van der Waals surface area contributed by atoms with Crippen LogP contribution in [-0.2, 0) is 0 Å². The first-order chi connectivity index (χ1) is 11.1. The van der Waals surface area contributed by atoms with E-state index in [0.29, 0.717) is 16.7 Å². The molecule has 0 aliphatic heterocycles. The molecule has 3 rings (SSSR count). The van der Waals surface area contributed by atoms with Crippen LogP contribution in [0, 0.1) is 6.92 Å². The van der Waals surface area contributed by atoms with Crippen molar-refractivity contribution < 1.29 is 13.9 Å². The highest BCUT2D eigenvalue weighted by molar-refractivity contribution is 7.10. The van der Waals surface area contributed by atoms with E-state index < -0.39 is 5.63 Å². The number of aryl methyl sites for hydroxylation is 1. The molecule has 0 N–H and O–H groups in total. The zero-order chi connectivity index (χ0) is 16.4. The van der Waals surface area contributed by atoms with Crippen molar-refractivity contribution in [3.05, 3.63) is 68.2 Å². The number of ketones is 1. The Balaban J connectivity index is 2.15. The Morgan fingerprint density at radius 3 is 2.83 bits per heavy atom. The van der Waals surface area contributed by atoms with Gasteiger partial charge in [0.05, 0.1) is 7.11 Å². The smallest absolute Gasteiger partial charge is 0.339 e. The highest BCUT2D eigenvalue weighted by Gasteiger charge is 2.17. The van der Waals surface area contributed by atoms with Crippen LogP contribution in [-0.4, -0.2) is 12.9 Å². The molecule has 5 heteroatoms. The van der Waals surface area contributed by atoms with Gasteiger partial charge in [0.25, 0.3) is 0 Å². The number of allylic oxidation sites excluding steroid dienone is 1. The second-order valence-electron chi connectivity index (χ2n) is 4.99. The van der Waals surface area contributed by atoms with Gasteiger partial charge in [-0.25, -0.2) is 4.79 Å². The van der Waals surface area contributed by atoms with Crippen LogP contribution >= 0.6 is 11.3 Å². The molecule has 116 valence electrons. The Kier molecular flexibility index (Phi) is 4.12. The average Bonchev–Trinajstić information content (AvgIpc) is 3.06. The Morgan fingerprint density at radius 1 is 1.30 bits per heavy atom. The SMILES string of the molecule is COc1ccc2cc(C)c(=O)oc2c1C(=O)C=Cc1cccs1. The topological polar surface area (TPSA) is 56.5 Å². The first-order valence-corrected chi connectivity index (χ1v) is 7.85. The van der Waals surface area contributed by atoms with Crippen molar-refractivity contribution in [2.24, 2.45) is 0 Å². The number of thiophene rings is 1. The molecule has 0 aliphatic rings. The second kappa shape index (κ2) is 6.22. The Bertz CT molecular complexity index is 949. The van der Waals surface area contributed by atoms with Gasteiger partial charge in [0.15, 0.2) is 11.4 Å². The summed E-state index contributed by atoms with van der Waals surface area (Å²) in [6.07, 6.45) is 3.19. The number of ether oxygens (including phenoxy) is 1. The molecule has 0 saturated heterocycles. The predicted molar refractivity (Wildman–Crippen MR) is 91.5 cm³/mol. The summed E-state index contributed by atoms with van der Waals surface area (Å²) in [5, 5.41) is 2.63. The van der Waals surface area contributed by atoms with E-state index in [2.05, 4.69) is 0 Å². The average molecular weight is 326 g/mol.